The molecule has 0 saturated carbocycles. The van der Waals surface area contributed by atoms with E-state index >= 15 is 0 Å². The van der Waals surface area contributed by atoms with Gasteiger partial charge in [0.05, 0.1) is 0 Å². The Hall–Kier alpha value is -0.180. The first-order valence-corrected chi connectivity index (χ1v) is 5.49. The second kappa shape index (κ2) is 8.91. The molecule has 0 bridgehead atoms. The van der Waals surface area contributed by atoms with Gasteiger partial charge in [-0.05, 0) is 19.1 Å². The van der Waals surface area contributed by atoms with Gasteiger partial charge < -0.3 is 4.74 Å². The first-order valence-electron chi connectivity index (χ1n) is 4.33. The number of unbranched alkanes of at least 4 members (excludes halogenated alkanes) is 1. The monoisotopic (exact) mass is 189 g/mol. The average Bonchev–Trinajstić information content (AvgIpc) is 2.10. The average molecular weight is 189 g/mol. The van der Waals surface area contributed by atoms with Crippen LogP contribution in [0.2, 0.25) is 0 Å². The summed E-state index contributed by atoms with van der Waals surface area (Å²) in [5.41, 5.74) is 0. The molecule has 0 aliphatic heterocycles. The van der Waals surface area contributed by atoms with E-state index in [-0.39, 0.29) is 12.4 Å². The van der Waals surface area contributed by atoms with Gasteiger partial charge in [-0.25, -0.2) is 0 Å². The second-order valence-electron chi connectivity index (χ2n) is 2.44. The van der Waals surface area contributed by atoms with E-state index in [0.29, 0.717) is 6.61 Å². The number of rotatable bonds is 7. The number of ether oxygens (including phenoxy) is 1. The fourth-order valence-corrected chi connectivity index (χ4v) is 1.53. The summed E-state index contributed by atoms with van der Waals surface area (Å²) in [6, 6.07) is 0. The fourth-order valence-electron chi connectivity index (χ4n) is 0.635. The molecule has 0 heterocycles. The van der Waals surface area contributed by atoms with Crippen molar-refractivity contribution in [1.82, 2.24) is 0 Å². The number of esters is 1. The lowest BCUT2D eigenvalue weighted by molar-refractivity contribution is -0.141. The smallest absolute Gasteiger partial charge is 0.305 e. The fraction of sp³-hybridized carbons (Fsp3) is 0.778. The minimum Gasteiger partial charge on any atom is -0.465 e. The molecule has 0 amide bonds. The van der Waals surface area contributed by atoms with Crippen LogP contribution in [-0.2, 0) is 9.53 Å². The SMILES string of the molecule is [CH2]CC(=O)OCCSCCCC. The Balaban J connectivity index is 2.95. The number of carbonyl (C=O) groups is 1. The summed E-state index contributed by atoms with van der Waals surface area (Å²) in [5, 5.41) is 0. The zero-order valence-corrected chi connectivity index (χ0v) is 8.49. The summed E-state index contributed by atoms with van der Waals surface area (Å²) in [6.45, 7) is 6.13. The molecule has 1 radical (unpaired) electrons. The van der Waals surface area contributed by atoms with Crippen LogP contribution in [0, 0.1) is 6.92 Å². The van der Waals surface area contributed by atoms with Crippen LogP contribution in [0.1, 0.15) is 26.2 Å². The van der Waals surface area contributed by atoms with Gasteiger partial charge in [-0.1, -0.05) is 13.3 Å². The van der Waals surface area contributed by atoms with Gasteiger partial charge in [0, 0.05) is 12.2 Å². The van der Waals surface area contributed by atoms with E-state index < -0.39 is 0 Å². The zero-order chi connectivity index (χ0) is 9.23. The summed E-state index contributed by atoms with van der Waals surface area (Å²) in [4.78, 5) is 10.6. The molecule has 0 aromatic rings. The molecule has 0 atom stereocenters. The molecule has 0 N–H and O–H groups in total. The Bertz CT molecular complexity index is 115. The Morgan fingerprint density at radius 1 is 1.50 bits per heavy atom. The third kappa shape index (κ3) is 7.92. The highest BCUT2D eigenvalue weighted by molar-refractivity contribution is 7.99. The molecule has 0 aliphatic rings. The second-order valence-corrected chi connectivity index (χ2v) is 3.66. The summed E-state index contributed by atoms with van der Waals surface area (Å²) >= 11 is 1.83. The molecule has 0 rings (SSSR count). The van der Waals surface area contributed by atoms with Crippen molar-refractivity contribution in [2.75, 3.05) is 18.1 Å². The number of hydrogen-bond acceptors (Lipinski definition) is 3. The van der Waals surface area contributed by atoms with E-state index in [1.807, 2.05) is 11.8 Å². The van der Waals surface area contributed by atoms with Gasteiger partial charge in [-0.3, -0.25) is 4.79 Å². The highest BCUT2D eigenvalue weighted by Gasteiger charge is 1.96. The first kappa shape index (κ1) is 11.8. The van der Waals surface area contributed by atoms with E-state index in [0.717, 1.165) is 5.75 Å². The van der Waals surface area contributed by atoms with E-state index in [4.69, 9.17) is 4.74 Å². The lowest BCUT2D eigenvalue weighted by Crippen LogP contribution is -2.05. The van der Waals surface area contributed by atoms with Gasteiger partial charge in [0.25, 0.3) is 0 Å². The van der Waals surface area contributed by atoms with Gasteiger partial charge in [0.2, 0.25) is 0 Å². The Morgan fingerprint density at radius 2 is 2.25 bits per heavy atom. The van der Waals surface area contributed by atoms with Crippen molar-refractivity contribution < 1.29 is 9.53 Å². The molecule has 71 valence electrons. The van der Waals surface area contributed by atoms with Crippen molar-refractivity contribution in [2.24, 2.45) is 0 Å². The number of hydrogen-bond donors (Lipinski definition) is 0. The van der Waals surface area contributed by atoms with Crippen molar-refractivity contribution in [3.63, 3.8) is 0 Å². The van der Waals surface area contributed by atoms with E-state index in [2.05, 4.69) is 13.8 Å². The summed E-state index contributed by atoms with van der Waals surface area (Å²) in [6.07, 6.45) is 2.71. The van der Waals surface area contributed by atoms with Gasteiger partial charge >= 0.3 is 5.97 Å². The molecule has 0 aromatic heterocycles. The highest BCUT2D eigenvalue weighted by atomic mass is 32.2. The maximum Gasteiger partial charge on any atom is 0.305 e. The quantitative estimate of drug-likeness (QED) is 0.454. The standard InChI is InChI=1S/C9H17O2S/c1-3-5-7-12-8-6-11-9(10)4-2/h2-8H2,1H3. The van der Waals surface area contributed by atoms with Gasteiger partial charge in [-0.15, -0.1) is 0 Å². The molecule has 0 aromatic carbocycles. The maximum atomic E-state index is 10.6. The van der Waals surface area contributed by atoms with Crippen molar-refractivity contribution in [1.29, 1.82) is 0 Å². The minimum absolute atomic E-state index is 0.203. The van der Waals surface area contributed by atoms with Crippen molar-refractivity contribution in [2.45, 2.75) is 26.2 Å². The van der Waals surface area contributed by atoms with Crippen LogP contribution in [0.25, 0.3) is 0 Å². The summed E-state index contributed by atoms with van der Waals surface area (Å²) in [5.74, 6) is 1.87. The van der Waals surface area contributed by atoms with Crippen LogP contribution in [0.4, 0.5) is 0 Å². The summed E-state index contributed by atoms with van der Waals surface area (Å²) < 4.78 is 4.85. The summed E-state index contributed by atoms with van der Waals surface area (Å²) in [7, 11) is 0. The van der Waals surface area contributed by atoms with Crippen LogP contribution < -0.4 is 0 Å². The minimum atomic E-state index is -0.203. The normalized spacial score (nSPS) is 9.83. The first-order chi connectivity index (χ1) is 5.81. The van der Waals surface area contributed by atoms with Crippen LogP contribution >= 0.6 is 11.8 Å². The predicted octanol–water partition coefficient (Wildman–Crippen LogP) is 2.29. The lowest BCUT2D eigenvalue weighted by Gasteiger charge is -2.02. The van der Waals surface area contributed by atoms with Crippen LogP contribution in [0.3, 0.4) is 0 Å². The lowest BCUT2D eigenvalue weighted by atomic mass is 10.4. The van der Waals surface area contributed by atoms with Gasteiger partial charge in [-0.2, -0.15) is 11.8 Å². The van der Waals surface area contributed by atoms with Crippen LogP contribution in [-0.4, -0.2) is 24.1 Å². The molecule has 0 saturated heterocycles. The molecule has 0 fully saturated rings. The van der Waals surface area contributed by atoms with E-state index in [1.54, 1.807) is 0 Å². The van der Waals surface area contributed by atoms with Crippen LogP contribution in [0.5, 0.6) is 0 Å². The molecule has 3 heteroatoms. The third-order valence-electron chi connectivity index (χ3n) is 1.34. The number of carbonyl (C=O) groups excluding carboxylic acids is 1. The predicted molar refractivity (Wildman–Crippen MR) is 53.2 cm³/mol. The third-order valence-corrected chi connectivity index (χ3v) is 2.37. The largest absolute Gasteiger partial charge is 0.465 e. The van der Waals surface area contributed by atoms with Gasteiger partial charge in [0.15, 0.2) is 0 Å². The Morgan fingerprint density at radius 3 is 2.83 bits per heavy atom. The maximum absolute atomic E-state index is 10.6. The highest BCUT2D eigenvalue weighted by Crippen LogP contribution is 2.03. The van der Waals surface area contributed by atoms with E-state index in [9.17, 15) is 4.79 Å². The Kier molecular flexibility index (Phi) is 8.78. The Labute approximate surface area is 79.1 Å². The van der Waals surface area contributed by atoms with Crippen LogP contribution in [0.15, 0.2) is 0 Å². The molecule has 0 spiro atoms. The van der Waals surface area contributed by atoms with E-state index in [1.165, 1.54) is 18.6 Å². The molecular weight excluding hydrogens is 172 g/mol. The van der Waals surface area contributed by atoms with Crippen molar-refractivity contribution >= 4 is 17.7 Å². The molecule has 12 heavy (non-hydrogen) atoms. The number of thioether (sulfide) groups is 1. The van der Waals surface area contributed by atoms with Crippen molar-refractivity contribution in [3.8, 4) is 0 Å². The zero-order valence-electron chi connectivity index (χ0n) is 7.67. The van der Waals surface area contributed by atoms with Gasteiger partial charge in [0.1, 0.15) is 6.61 Å². The van der Waals surface area contributed by atoms with Crippen molar-refractivity contribution in [3.05, 3.63) is 6.92 Å². The molecule has 0 aliphatic carbocycles. The molecule has 2 nitrogen and oxygen atoms in total. The molecular formula is C9H17O2S. The topological polar surface area (TPSA) is 26.3 Å². The molecule has 0 unspecified atom stereocenters.